The topological polar surface area (TPSA) is 74.1 Å². The summed E-state index contributed by atoms with van der Waals surface area (Å²) < 4.78 is 7.10. The number of nitrogens with zero attached hydrogens (tertiary/aromatic N) is 2. The van der Waals surface area contributed by atoms with E-state index in [1.165, 1.54) is 0 Å². The van der Waals surface area contributed by atoms with Crippen LogP contribution in [0.1, 0.15) is 0 Å². The van der Waals surface area contributed by atoms with Crippen LogP contribution in [0.3, 0.4) is 0 Å². The van der Waals surface area contributed by atoms with Crippen molar-refractivity contribution in [3.05, 3.63) is 65.3 Å². The van der Waals surface area contributed by atoms with Crippen LogP contribution in [-0.2, 0) is 0 Å². The van der Waals surface area contributed by atoms with E-state index in [0.717, 1.165) is 16.4 Å². The van der Waals surface area contributed by atoms with E-state index in [2.05, 4.69) is 4.98 Å². The fourth-order valence-electron chi connectivity index (χ4n) is 2.44. The van der Waals surface area contributed by atoms with Crippen molar-refractivity contribution in [3.8, 4) is 5.69 Å². The summed E-state index contributed by atoms with van der Waals surface area (Å²) in [6.45, 7) is 0. The van der Waals surface area contributed by atoms with Gasteiger partial charge in [0.25, 0.3) is 0 Å². The third-order valence-electron chi connectivity index (χ3n) is 3.45. The molecule has 102 valence electrons. The van der Waals surface area contributed by atoms with Crippen LogP contribution < -0.4 is 11.4 Å². The molecule has 0 aliphatic rings. The third-order valence-corrected chi connectivity index (χ3v) is 3.45. The van der Waals surface area contributed by atoms with E-state index in [1.807, 2.05) is 30.3 Å². The number of para-hydroxylation sites is 2. The quantitative estimate of drug-likeness (QED) is 0.429. The molecule has 0 unspecified atom stereocenters. The van der Waals surface area contributed by atoms with Gasteiger partial charge in [0.05, 0.1) is 11.0 Å². The van der Waals surface area contributed by atoms with E-state index in [4.69, 9.17) is 10.2 Å². The van der Waals surface area contributed by atoms with Crippen molar-refractivity contribution in [1.82, 2.24) is 9.55 Å². The van der Waals surface area contributed by atoms with E-state index in [-0.39, 0.29) is 0 Å². The molecule has 5 nitrogen and oxygen atoms in total. The van der Waals surface area contributed by atoms with Gasteiger partial charge in [0.1, 0.15) is 17.6 Å². The first-order valence-electron chi connectivity index (χ1n) is 6.48. The number of rotatable bonds is 1. The average molecular weight is 277 g/mol. The molecule has 0 spiro atoms. The summed E-state index contributed by atoms with van der Waals surface area (Å²) in [4.78, 5) is 16.5. The van der Waals surface area contributed by atoms with Gasteiger partial charge in [-0.2, -0.15) is 0 Å². The third kappa shape index (κ3) is 1.79. The van der Waals surface area contributed by atoms with E-state index >= 15 is 0 Å². The lowest BCUT2D eigenvalue weighted by Crippen LogP contribution is -2.09. The summed E-state index contributed by atoms with van der Waals surface area (Å²) in [5.41, 5.74) is 8.45. The molecule has 21 heavy (non-hydrogen) atoms. The summed E-state index contributed by atoms with van der Waals surface area (Å²) in [7, 11) is 0. The Morgan fingerprint density at radius 1 is 1.10 bits per heavy atom. The van der Waals surface area contributed by atoms with Gasteiger partial charge in [-0.05, 0) is 30.3 Å². The predicted octanol–water partition coefficient (Wildman–Crippen LogP) is 2.71. The maximum atomic E-state index is 12.2. The maximum absolute atomic E-state index is 12.2. The van der Waals surface area contributed by atoms with Crippen LogP contribution in [-0.4, -0.2) is 9.55 Å². The van der Waals surface area contributed by atoms with Crippen LogP contribution in [0, 0.1) is 0 Å². The Hall–Kier alpha value is -3.08. The molecule has 2 aromatic heterocycles. The number of anilines is 1. The van der Waals surface area contributed by atoms with Gasteiger partial charge in [-0.15, -0.1) is 0 Å². The Morgan fingerprint density at radius 2 is 1.95 bits per heavy atom. The molecule has 0 bridgehead atoms. The van der Waals surface area contributed by atoms with Gasteiger partial charge in [-0.3, -0.25) is 4.57 Å². The van der Waals surface area contributed by atoms with Gasteiger partial charge in [0, 0.05) is 17.1 Å². The molecular formula is C16H11N3O2. The van der Waals surface area contributed by atoms with Crippen molar-refractivity contribution in [2.75, 3.05) is 5.73 Å². The van der Waals surface area contributed by atoms with Crippen molar-refractivity contribution >= 4 is 27.7 Å². The maximum Gasteiger partial charge on any atom is 0.360 e. The van der Waals surface area contributed by atoms with Gasteiger partial charge < -0.3 is 10.2 Å². The normalized spacial score (nSPS) is 11.2. The van der Waals surface area contributed by atoms with E-state index < -0.39 is 5.63 Å². The first kappa shape index (κ1) is 11.7. The fourth-order valence-corrected chi connectivity index (χ4v) is 2.44. The highest BCUT2D eigenvalue weighted by Gasteiger charge is 2.10. The minimum Gasteiger partial charge on any atom is -0.421 e. The number of nitrogens with two attached hydrogens (primary N) is 1. The van der Waals surface area contributed by atoms with Crippen molar-refractivity contribution in [1.29, 1.82) is 0 Å². The van der Waals surface area contributed by atoms with Crippen LogP contribution in [0.2, 0.25) is 0 Å². The van der Waals surface area contributed by atoms with Gasteiger partial charge in [-0.1, -0.05) is 12.1 Å². The number of aromatic nitrogens is 2. The highest BCUT2D eigenvalue weighted by Crippen LogP contribution is 2.21. The minimum absolute atomic E-state index is 0.420. The summed E-state index contributed by atoms with van der Waals surface area (Å²) in [5.74, 6) is 0. The molecule has 0 atom stereocenters. The van der Waals surface area contributed by atoms with E-state index in [1.54, 1.807) is 29.1 Å². The first-order valence-corrected chi connectivity index (χ1v) is 6.48. The molecular weight excluding hydrogens is 266 g/mol. The molecule has 0 saturated heterocycles. The predicted molar refractivity (Wildman–Crippen MR) is 81.5 cm³/mol. The Balaban J connectivity index is 2.04. The summed E-state index contributed by atoms with van der Waals surface area (Å²) in [6.07, 6.45) is 1.63. The van der Waals surface area contributed by atoms with Crippen LogP contribution in [0.4, 0.5) is 5.69 Å². The zero-order valence-corrected chi connectivity index (χ0v) is 11.0. The van der Waals surface area contributed by atoms with E-state index in [9.17, 15) is 4.79 Å². The van der Waals surface area contributed by atoms with Gasteiger partial charge >= 0.3 is 5.63 Å². The van der Waals surface area contributed by atoms with Crippen molar-refractivity contribution in [2.45, 2.75) is 0 Å². The largest absolute Gasteiger partial charge is 0.421 e. The molecule has 2 aromatic carbocycles. The Bertz CT molecular complexity index is 1030. The zero-order valence-electron chi connectivity index (χ0n) is 11.0. The number of imidazole rings is 1. The molecule has 2 heterocycles. The highest BCUT2D eigenvalue weighted by molar-refractivity contribution is 5.83. The lowest BCUT2D eigenvalue weighted by molar-refractivity contribution is 0.556. The molecule has 0 fully saturated rings. The molecule has 0 saturated carbocycles. The number of fused-ring (bicyclic) bond motifs is 2. The SMILES string of the molecule is Nc1ccc2cc(-n3cnc4ccccc43)c(=O)oc2c1. The second kappa shape index (κ2) is 4.21. The number of hydrogen-bond donors (Lipinski definition) is 1. The minimum atomic E-state index is -0.420. The molecule has 5 heteroatoms. The Kier molecular flexibility index (Phi) is 2.35. The fraction of sp³-hybridized carbons (Fsp3) is 0. The van der Waals surface area contributed by atoms with Crippen LogP contribution in [0.5, 0.6) is 0 Å². The lowest BCUT2D eigenvalue weighted by atomic mass is 10.2. The molecule has 0 aliphatic carbocycles. The molecule has 4 rings (SSSR count). The average Bonchev–Trinajstić information content (AvgIpc) is 2.90. The summed E-state index contributed by atoms with van der Waals surface area (Å²) in [5, 5.41) is 0.816. The van der Waals surface area contributed by atoms with Crippen molar-refractivity contribution in [2.24, 2.45) is 0 Å². The smallest absolute Gasteiger partial charge is 0.360 e. The Morgan fingerprint density at radius 3 is 2.86 bits per heavy atom. The summed E-state index contributed by atoms with van der Waals surface area (Å²) in [6, 6.07) is 14.7. The van der Waals surface area contributed by atoms with Crippen LogP contribution in [0.25, 0.3) is 27.7 Å². The van der Waals surface area contributed by atoms with E-state index in [0.29, 0.717) is 17.0 Å². The molecule has 0 radical (unpaired) electrons. The number of nitrogen functional groups attached to an aromatic ring is 1. The number of benzene rings is 2. The highest BCUT2D eigenvalue weighted by atomic mass is 16.4. The second-order valence-electron chi connectivity index (χ2n) is 4.82. The van der Waals surface area contributed by atoms with Crippen LogP contribution >= 0.6 is 0 Å². The van der Waals surface area contributed by atoms with Crippen LogP contribution in [0.15, 0.2) is 64.1 Å². The van der Waals surface area contributed by atoms with Gasteiger partial charge in [0.2, 0.25) is 0 Å². The number of hydrogen-bond acceptors (Lipinski definition) is 4. The van der Waals surface area contributed by atoms with Gasteiger partial charge in [0.15, 0.2) is 0 Å². The summed E-state index contributed by atoms with van der Waals surface area (Å²) >= 11 is 0. The molecule has 0 aliphatic heterocycles. The standard InChI is InChI=1S/C16H11N3O2/c17-11-6-5-10-7-14(16(20)21-15(10)8-11)19-9-18-12-3-1-2-4-13(12)19/h1-9H,17H2. The molecule has 2 N–H and O–H groups in total. The molecule has 4 aromatic rings. The lowest BCUT2D eigenvalue weighted by Gasteiger charge is -2.04. The Labute approximate surface area is 119 Å². The molecule has 0 amide bonds. The first-order chi connectivity index (χ1) is 10.2. The zero-order chi connectivity index (χ0) is 14.4. The van der Waals surface area contributed by atoms with Crippen molar-refractivity contribution < 1.29 is 4.42 Å². The second-order valence-corrected chi connectivity index (χ2v) is 4.82. The van der Waals surface area contributed by atoms with Gasteiger partial charge in [-0.25, -0.2) is 9.78 Å². The monoisotopic (exact) mass is 277 g/mol. The van der Waals surface area contributed by atoms with Crippen molar-refractivity contribution in [3.63, 3.8) is 0 Å².